The van der Waals surface area contributed by atoms with Crippen LogP contribution in [-0.2, 0) is 9.47 Å². The summed E-state index contributed by atoms with van der Waals surface area (Å²) in [7, 11) is 1.22. The fourth-order valence-corrected chi connectivity index (χ4v) is 3.25. The molecule has 0 aliphatic rings. The Morgan fingerprint density at radius 2 is 1.96 bits per heavy atom. The van der Waals surface area contributed by atoms with E-state index in [1.165, 1.54) is 25.3 Å². The third kappa shape index (κ3) is 4.03. The zero-order chi connectivity index (χ0) is 18.6. The van der Waals surface area contributed by atoms with Crippen molar-refractivity contribution >= 4 is 34.2 Å². The molecule has 0 saturated carbocycles. The van der Waals surface area contributed by atoms with E-state index in [1.54, 1.807) is 13.8 Å². The number of hydrogen-bond acceptors (Lipinski definition) is 6. The summed E-state index contributed by atoms with van der Waals surface area (Å²) in [6.07, 6.45) is 0. The highest BCUT2D eigenvalue weighted by atomic mass is 32.1. The lowest BCUT2D eigenvalue weighted by Gasteiger charge is -2.07. The summed E-state index contributed by atoms with van der Waals surface area (Å²) in [5.41, 5.74) is 0.516. The molecule has 0 spiro atoms. The molecule has 0 aliphatic heterocycles. The maximum atomic E-state index is 13.3. The van der Waals surface area contributed by atoms with Gasteiger partial charge in [0.1, 0.15) is 15.7 Å². The second-order valence-corrected chi connectivity index (χ2v) is 5.96. The van der Waals surface area contributed by atoms with Crippen molar-refractivity contribution in [2.75, 3.05) is 19.0 Å². The van der Waals surface area contributed by atoms with Crippen LogP contribution in [0.15, 0.2) is 24.3 Å². The van der Waals surface area contributed by atoms with Gasteiger partial charge in [-0.1, -0.05) is 6.07 Å². The minimum atomic E-state index is -0.666. The number of rotatable bonds is 5. The molecule has 0 aliphatic carbocycles. The van der Waals surface area contributed by atoms with Gasteiger partial charge in [0.05, 0.1) is 19.3 Å². The molecular weight excluding hydrogens is 349 g/mol. The van der Waals surface area contributed by atoms with E-state index in [0.717, 1.165) is 17.4 Å². The first-order valence-corrected chi connectivity index (χ1v) is 8.16. The van der Waals surface area contributed by atoms with E-state index in [4.69, 9.17) is 4.74 Å². The van der Waals surface area contributed by atoms with Gasteiger partial charge < -0.3 is 14.8 Å². The van der Waals surface area contributed by atoms with Gasteiger partial charge in [-0.2, -0.15) is 0 Å². The largest absolute Gasteiger partial charge is 0.465 e. The van der Waals surface area contributed by atoms with Gasteiger partial charge in [-0.15, -0.1) is 11.3 Å². The van der Waals surface area contributed by atoms with Gasteiger partial charge in [0.2, 0.25) is 0 Å². The summed E-state index contributed by atoms with van der Waals surface area (Å²) in [5.74, 6) is -2.46. The zero-order valence-electron chi connectivity index (χ0n) is 13.8. The molecule has 0 fully saturated rings. The monoisotopic (exact) mass is 365 g/mol. The Hall–Kier alpha value is -2.74. The van der Waals surface area contributed by atoms with Crippen molar-refractivity contribution in [3.05, 3.63) is 51.7 Å². The molecule has 1 amide bonds. The van der Waals surface area contributed by atoms with Gasteiger partial charge in [-0.3, -0.25) is 4.79 Å². The molecule has 132 valence electrons. The molecule has 0 radical (unpaired) electrons. The fraction of sp³-hybridized carbons (Fsp3) is 0.235. The minimum absolute atomic E-state index is 0.0806. The molecule has 2 aromatic rings. The molecular formula is C17H16FNO5S. The standard InChI is InChI=1S/C17H16FNO5S/c1-4-24-16(21)12-9(2)13(17(22)23-3)25-15(12)19-14(20)10-6-5-7-11(18)8-10/h5-8H,4H2,1-3H3,(H,19,20). The highest BCUT2D eigenvalue weighted by molar-refractivity contribution is 7.18. The Kier molecular flexibility index (Phi) is 5.87. The van der Waals surface area contributed by atoms with E-state index in [0.29, 0.717) is 5.56 Å². The Labute approximate surface area is 147 Å². The maximum absolute atomic E-state index is 13.3. The Morgan fingerprint density at radius 1 is 1.24 bits per heavy atom. The van der Waals surface area contributed by atoms with Crippen LogP contribution in [0, 0.1) is 12.7 Å². The van der Waals surface area contributed by atoms with E-state index in [2.05, 4.69) is 10.1 Å². The summed E-state index contributed by atoms with van der Waals surface area (Å²) in [5, 5.41) is 2.68. The van der Waals surface area contributed by atoms with Crippen LogP contribution in [0.4, 0.5) is 9.39 Å². The lowest BCUT2D eigenvalue weighted by molar-refractivity contribution is 0.0527. The average Bonchev–Trinajstić information content (AvgIpc) is 2.90. The number of hydrogen-bond donors (Lipinski definition) is 1. The number of anilines is 1. The quantitative estimate of drug-likeness (QED) is 0.821. The molecule has 0 bridgehead atoms. The molecule has 2 rings (SSSR count). The van der Waals surface area contributed by atoms with Crippen LogP contribution >= 0.6 is 11.3 Å². The highest BCUT2D eigenvalue weighted by Gasteiger charge is 2.27. The lowest BCUT2D eigenvalue weighted by atomic mass is 10.1. The van der Waals surface area contributed by atoms with E-state index in [9.17, 15) is 18.8 Å². The van der Waals surface area contributed by atoms with Crippen molar-refractivity contribution in [2.45, 2.75) is 13.8 Å². The van der Waals surface area contributed by atoms with Crippen molar-refractivity contribution in [3.63, 3.8) is 0 Å². The zero-order valence-corrected chi connectivity index (χ0v) is 14.7. The van der Waals surface area contributed by atoms with Crippen LogP contribution in [0.25, 0.3) is 0 Å². The maximum Gasteiger partial charge on any atom is 0.348 e. The SMILES string of the molecule is CCOC(=O)c1c(NC(=O)c2cccc(F)c2)sc(C(=O)OC)c1C. The van der Waals surface area contributed by atoms with Gasteiger partial charge in [-0.25, -0.2) is 14.0 Å². The molecule has 25 heavy (non-hydrogen) atoms. The molecule has 0 unspecified atom stereocenters. The second kappa shape index (κ2) is 7.89. The number of carbonyl (C=O) groups is 3. The molecule has 8 heteroatoms. The van der Waals surface area contributed by atoms with Crippen LogP contribution in [0.1, 0.15) is 42.9 Å². The van der Waals surface area contributed by atoms with Gasteiger partial charge in [-0.05, 0) is 37.6 Å². The van der Waals surface area contributed by atoms with Crippen molar-refractivity contribution in [1.29, 1.82) is 0 Å². The number of thiophene rings is 1. The number of halogens is 1. The number of carbonyl (C=O) groups excluding carboxylic acids is 3. The van der Waals surface area contributed by atoms with E-state index < -0.39 is 23.7 Å². The van der Waals surface area contributed by atoms with Crippen molar-refractivity contribution in [2.24, 2.45) is 0 Å². The second-order valence-electron chi connectivity index (χ2n) is 4.94. The van der Waals surface area contributed by atoms with Gasteiger partial charge in [0.15, 0.2) is 0 Å². The van der Waals surface area contributed by atoms with Gasteiger partial charge in [0, 0.05) is 5.56 Å². The van der Waals surface area contributed by atoms with Crippen molar-refractivity contribution in [1.82, 2.24) is 0 Å². The number of nitrogens with one attached hydrogen (secondary N) is 1. The minimum Gasteiger partial charge on any atom is -0.465 e. The number of ether oxygens (including phenoxy) is 2. The van der Waals surface area contributed by atoms with Gasteiger partial charge in [0.25, 0.3) is 5.91 Å². The Bertz CT molecular complexity index is 830. The van der Waals surface area contributed by atoms with Crippen LogP contribution in [-0.4, -0.2) is 31.6 Å². The smallest absolute Gasteiger partial charge is 0.348 e. The Balaban J connectivity index is 2.43. The molecule has 0 atom stereocenters. The van der Waals surface area contributed by atoms with Crippen LogP contribution in [0.5, 0.6) is 0 Å². The third-order valence-corrected chi connectivity index (χ3v) is 4.50. The molecule has 1 aromatic heterocycles. The number of amides is 1. The summed E-state index contributed by atoms with van der Waals surface area (Å²) in [4.78, 5) is 36.6. The summed E-state index contributed by atoms with van der Waals surface area (Å²) in [6, 6.07) is 5.12. The topological polar surface area (TPSA) is 81.7 Å². The predicted molar refractivity (Wildman–Crippen MR) is 90.7 cm³/mol. The predicted octanol–water partition coefficient (Wildman–Crippen LogP) is 3.41. The van der Waals surface area contributed by atoms with Crippen molar-refractivity contribution < 1.29 is 28.2 Å². The number of benzene rings is 1. The highest BCUT2D eigenvalue weighted by Crippen LogP contribution is 2.34. The molecule has 1 N–H and O–H groups in total. The van der Waals surface area contributed by atoms with Crippen molar-refractivity contribution in [3.8, 4) is 0 Å². The number of methoxy groups -OCH3 is 1. The van der Waals surface area contributed by atoms with Gasteiger partial charge >= 0.3 is 11.9 Å². The number of esters is 2. The molecule has 1 aromatic carbocycles. The lowest BCUT2D eigenvalue weighted by Crippen LogP contribution is -2.15. The van der Waals surface area contributed by atoms with E-state index in [-0.39, 0.29) is 27.6 Å². The van der Waals surface area contributed by atoms with E-state index >= 15 is 0 Å². The first-order valence-electron chi connectivity index (χ1n) is 7.34. The normalized spacial score (nSPS) is 10.2. The van der Waals surface area contributed by atoms with Crippen LogP contribution in [0.3, 0.4) is 0 Å². The molecule has 0 saturated heterocycles. The fourth-order valence-electron chi connectivity index (χ4n) is 2.14. The summed E-state index contributed by atoms with van der Waals surface area (Å²) in [6.45, 7) is 3.34. The van der Waals surface area contributed by atoms with Crippen LogP contribution < -0.4 is 5.32 Å². The van der Waals surface area contributed by atoms with E-state index in [1.807, 2.05) is 0 Å². The first-order chi connectivity index (χ1) is 11.9. The first kappa shape index (κ1) is 18.6. The average molecular weight is 365 g/mol. The molecule has 1 heterocycles. The van der Waals surface area contributed by atoms with Crippen LogP contribution in [0.2, 0.25) is 0 Å². The molecule has 6 nitrogen and oxygen atoms in total. The summed E-state index contributed by atoms with van der Waals surface area (Å²) < 4.78 is 23.0. The summed E-state index contributed by atoms with van der Waals surface area (Å²) >= 11 is 0.899. The Morgan fingerprint density at radius 3 is 2.56 bits per heavy atom. The third-order valence-electron chi connectivity index (χ3n) is 3.31.